The average Bonchev–Trinajstić information content (AvgIpc) is 2.00. The fourth-order valence-corrected chi connectivity index (χ4v) is 2.75. The topological polar surface area (TPSA) is 12.4 Å². The van der Waals surface area contributed by atoms with Crippen molar-refractivity contribution in [3.63, 3.8) is 0 Å². The molecular formula is C13H23NS. The molecule has 0 radical (unpaired) electrons. The number of hydrogen-bond acceptors (Lipinski definition) is 2. The Labute approximate surface area is 98.4 Å². The van der Waals surface area contributed by atoms with E-state index in [1.165, 1.54) is 16.3 Å². The Balaban J connectivity index is 3.11. The summed E-state index contributed by atoms with van der Waals surface area (Å²) in [5, 5.41) is 1.28. The van der Waals surface area contributed by atoms with Gasteiger partial charge in [0.25, 0.3) is 0 Å². The highest BCUT2D eigenvalue weighted by Gasteiger charge is 2.28. The molecule has 0 aromatic carbocycles. The molecule has 0 unspecified atom stereocenters. The van der Waals surface area contributed by atoms with Crippen molar-refractivity contribution in [3.8, 4) is 0 Å². The zero-order valence-corrected chi connectivity index (χ0v) is 11.9. The largest absolute Gasteiger partial charge is 0.250 e. The van der Waals surface area contributed by atoms with Crippen LogP contribution in [-0.4, -0.2) is 10.8 Å². The molecule has 1 heterocycles. The predicted molar refractivity (Wildman–Crippen MR) is 71.5 cm³/mol. The van der Waals surface area contributed by atoms with Crippen LogP contribution in [0.5, 0.6) is 0 Å². The lowest BCUT2D eigenvalue weighted by Gasteiger charge is -2.30. The van der Waals surface area contributed by atoms with Gasteiger partial charge in [0, 0.05) is 22.3 Å². The molecule has 0 fully saturated rings. The van der Waals surface area contributed by atoms with E-state index < -0.39 is 0 Å². The number of thioether (sulfide) groups is 1. The molecule has 15 heavy (non-hydrogen) atoms. The highest BCUT2D eigenvalue weighted by Crippen LogP contribution is 2.38. The molecule has 0 N–H and O–H groups in total. The van der Waals surface area contributed by atoms with Crippen molar-refractivity contribution in [1.82, 2.24) is 0 Å². The average molecular weight is 225 g/mol. The first-order valence-electron chi connectivity index (χ1n) is 5.54. The van der Waals surface area contributed by atoms with E-state index in [4.69, 9.17) is 4.99 Å². The molecule has 1 aliphatic heterocycles. The summed E-state index contributed by atoms with van der Waals surface area (Å²) in [7, 11) is 0. The lowest BCUT2D eigenvalue weighted by molar-refractivity contribution is 0.489. The Kier molecular flexibility index (Phi) is 3.39. The third-order valence-corrected chi connectivity index (χ3v) is 3.95. The summed E-state index contributed by atoms with van der Waals surface area (Å²) < 4.78 is 0. The van der Waals surface area contributed by atoms with Crippen LogP contribution < -0.4 is 0 Å². The molecule has 0 saturated heterocycles. The maximum absolute atomic E-state index is 4.86. The van der Waals surface area contributed by atoms with Crippen molar-refractivity contribution in [2.45, 2.75) is 48.5 Å². The van der Waals surface area contributed by atoms with Crippen LogP contribution in [0.2, 0.25) is 0 Å². The number of nitrogens with zero attached hydrogens (tertiary/aromatic N) is 1. The third kappa shape index (κ3) is 3.10. The summed E-state index contributed by atoms with van der Waals surface area (Å²) in [5.74, 6) is 1.10. The van der Waals surface area contributed by atoms with Crippen molar-refractivity contribution in [2.24, 2.45) is 15.8 Å². The van der Waals surface area contributed by atoms with Gasteiger partial charge in [-0.2, -0.15) is 0 Å². The van der Waals surface area contributed by atoms with Gasteiger partial charge in [-0.25, -0.2) is 4.99 Å². The van der Waals surface area contributed by atoms with Gasteiger partial charge in [0.05, 0.1) is 5.04 Å². The van der Waals surface area contributed by atoms with E-state index in [0.717, 1.165) is 5.75 Å². The Morgan fingerprint density at radius 1 is 1.00 bits per heavy atom. The van der Waals surface area contributed by atoms with Gasteiger partial charge in [-0.15, -0.1) is 11.8 Å². The van der Waals surface area contributed by atoms with Crippen LogP contribution in [0.4, 0.5) is 0 Å². The van der Waals surface area contributed by atoms with Gasteiger partial charge >= 0.3 is 0 Å². The van der Waals surface area contributed by atoms with Gasteiger partial charge < -0.3 is 0 Å². The van der Waals surface area contributed by atoms with Crippen LogP contribution >= 0.6 is 11.8 Å². The molecule has 0 bridgehead atoms. The molecule has 1 aliphatic rings. The zero-order chi connectivity index (χ0) is 11.9. The van der Waals surface area contributed by atoms with Crippen molar-refractivity contribution in [2.75, 3.05) is 5.75 Å². The van der Waals surface area contributed by atoms with E-state index >= 15 is 0 Å². The Hall–Kier alpha value is -0.240. The molecule has 86 valence electrons. The number of aliphatic imine (C=N–C) groups is 1. The summed E-state index contributed by atoms with van der Waals surface area (Å²) in [6.07, 6.45) is 0. The van der Waals surface area contributed by atoms with Gasteiger partial charge in [0.15, 0.2) is 0 Å². The monoisotopic (exact) mass is 225 g/mol. The molecular weight excluding hydrogens is 202 g/mol. The highest BCUT2D eigenvalue weighted by molar-refractivity contribution is 8.14. The van der Waals surface area contributed by atoms with Gasteiger partial charge in [-0.1, -0.05) is 41.5 Å². The van der Waals surface area contributed by atoms with Crippen molar-refractivity contribution in [3.05, 3.63) is 11.3 Å². The minimum Gasteiger partial charge on any atom is -0.250 e. The fraction of sp³-hybridized carbons (Fsp3) is 0.769. The molecule has 0 aromatic heterocycles. The van der Waals surface area contributed by atoms with Crippen molar-refractivity contribution >= 4 is 16.8 Å². The van der Waals surface area contributed by atoms with Crippen LogP contribution in [-0.2, 0) is 0 Å². The summed E-state index contributed by atoms with van der Waals surface area (Å²) in [5.41, 5.74) is 3.07. The van der Waals surface area contributed by atoms with Gasteiger partial charge in [0.2, 0.25) is 0 Å². The second-order valence-corrected chi connectivity index (χ2v) is 7.30. The molecule has 0 aliphatic carbocycles. The van der Waals surface area contributed by atoms with E-state index in [2.05, 4.69) is 48.5 Å². The van der Waals surface area contributed by atoms with E-state index in [0.29, 0.717) is 0 Å². The third-order valence-electron chi connectivity index (χ3n) is 2.39. The molecule has 0 spiro atoms. The SMILES string of the molecule is CC1=C(C(C)(C)C)N=C(C(C)(C)C)SC1. The summed E-state index contributed by atoms with van der Waals surface area (Å²) >= 11 is 1.89. The van der Waals surface area contributed by atoms with E-state index in [1.807, 2.05) is 11.8 Å². The first-order valence-corrected chi connectivity index (χ1v) is 6.53. The molecule has 0 aromatic rings. The molecule has 0 saturated carbocycles. The van der Waals surface area contributed by atoms with Crippen LogP contribution in [0.1, 0.15) is 48.5 Å². The quantitative estimate of drug-likeness (QED) is 0.591. The van der Waals surface area contributed by atoms with E-state index in [-0.39, 0.29) is 10.8 Å². The second kappa shape index (κ2) is 3.97. The maximum Gasteiger partial charge on any atom is 0.0791 e. The summed E-state index contributed by atoms with van der Waals surface area (Å²) in [6.45, 7) is 15.6. The van der Waals surface area contributed by atoms with E-state index in [1.54, 1.807) is 0 Å². The Morgan fingerprint density at radius 3 is 1.93 bits per heavy atom. The first kappa shape index (κ1) is 12.8. The maximum atomic E-state index is 4.86. The standard InChI is InChI=1S/C13H23NS/c1-9-8-15-11(13(5,6)7)14-10(9)12(2,3)4/h8H2,1-7H3. The lowest BCUT2D eigenvalue weighted by Crippen LogP contribution is -2.23. The zero-order valence-electron chi connectivity index (χ0n) is 11.1. The normalized spacial score (nSPS) is 19.3. The summed E-state index contributed by atoms with van der Waals surface area (Å²) in [4.78, 5) is 4.86. The fourth-order valence-electron chi connectivity index (χ4n) is 1.67. The number of allylic oxidation sites excluding steroid dienone is 1. The van der Waals surface area contributed by atoms with Crippen LogP contribution in [0, 0.1) is 10.8 Å². The molecule has 2 heteroatoms. The first-order chi connectivity index (χ1) is 6.62. The Morgan fingerprint density at radius 2 is 1.53 bits per heavy atom. The molecule has 1 nitrogen and oxygen atoms in total. The Bertz CT molecular complexity index is 310. The van der Waals surface area contributed by atoms with Gasteiger partial charge in [-0.05, 0) is 12.5 Å². The van der Waals surface area contributed by atoms with Crippen LogP contribution in [0.15, 0.2) is 16.3 Å². The lowest BCUT2D eigenvalue weighted by atomic mass is 9.89. The molecule has 1 rings (SSSR count). The van der Waals surface area contributed by atoms with Crippen LogP contribution in [0.3, 0.4) is 0 Å². The minimum atomic E-state index is 0.168. The molecule has 0 atom stereocenters. The van der Waals surface area contributed by atoms with Crippen molar-refractivity contribution in [1.29, 1.82) is 0 Å². The van der Waals surface area contributed by atoms with Gasteiger partial charge in [-0.3, -0.25) is 0 Å². The van der Waals surface area contributed by atoms with Gasteiger partial charge in [0.1, 0.15) is 0 Å². The molecule has 0 amide bonds. The van der Waals surface area contributed by atoms with Crippen molar-refractivity contribution < 1.29 is 0 Å². The second-order valence-electron chi connectivity index (χ2n) is 6.33. The van der Waals surface area contributed by atoms with E-state index in [9.17, 15) is 0 Å². The highest BCUT2D eigenvalue weighted by atomic mass is 32.2. The smallest absolute Gasteiger partial charge is 0.0791 e. The minimum absolute atomic E-state index is 0.168. The number of hydrogen-bond donors (Lipinski definition) is 0. The van der Waals surface area contributed by atoms with Crippen LogP contribution in [0.25, 0.3) is 0 Å². The number of rotatable bonds is 0. The summed E-state index contributed by atoms with van der Waals surface area (Å²) in [6, 6.07) is 0. The predicted octanol–water partition coefficient (Wildman–Crippen LogP) is 4.50.